The van der Waals surface area contributed by atoms with Crippen LogP contribution in [-0.4, -0.2) is 41.6 Å². The molecule has 25 heavy (non-hydrogen) atoms. The zero-order chi connectivity index (χ0) is 15.9. The quantitative estimate of drug-likeness (QED) is 0.599. The van der Waals surface area contributed by atoms with Gasteiger partial charge in [-0.05, 0) is 12.1 Å². The van der Waals surface area contributed by atoms with Crippen molar-refractivity contribution in [1.82, 2.24) is 9.13 Å². The van der Waals surface area contributed by atoms with E-state index >= 15 is 0 Å². The molecule has 6 aliphatic rings. The number of amidine groups is 4. The summed E-state index contributed by atoms with van der Waals surface area (Å²) in [7, 11) is 0. The van der Waals surface area contributed by atoms with Crippen molar-refractivity contribution in [3.63, 3.8) is 0 Å². The van der Waals surface area contributed by atoms with Crippen LogP contribution in [0.1, 0.15) is 0 Å². The smallest absolute Gasteiger partial charge is 0.212 e. The molecule has 0 aliphatic carbocycles. The summed E-state index contributed by atoms with van der Waals surface area (Å²) >= 11 is 0. The number of rotatable bonds is 0. The molecule has 0 bridgehead atoms. The minimum absolute atomic E-state index is 0.683. The van der Waals surface area contributed by atoms with E-state index in [0.717, 1.165) is 46.0 Å². The summed E-state index contributed by atoms with van der Waals surface area (Å²) in [6.07, 6.45) is 8.10. The molecular weight excluding hydrogens is 316 g/mol. The molecule has 0 saturated carbocycles. The second-order valence-electron chi connectivity index (χ2n) is 6.59. The molecule has 2 aromatic rings. The second kappa shape index (κ2) is 3.00. The highest BCUT2D eigenvalue weighted by molar-refractivity contribution is 6.15. The van der Waals surface area contributed by atoms with Gasteiger partial charge in [0.25, 0.3) is 23.3 Å². The van der Waals surface area contributed by atoms with Gasteiger partial charge in [0.15, 0.2) is 0 Å². The number of hydrogen-bond acceptors (Lipinski definition) is 4. The minimum Gasteiger partial charge on any atom is -0.212 e. The van der Waals surface area contributed by atoms with E-state index in [1.165, 1.54) is 0 Å². The third kappa shape index (κ3) is 0.874. The molecule has 114 valence electrons. The second-order valence-corrected chi connectivity index (χ2v) is 6.59. The van der Waals surface area contributed by atoms with Crippen LogP contribution in [0, 0.1) is 0 Å². The molecule has 0 radical (unpaired) electrons. The molecule has 8 heteroatoms. The van der Waals surface area contributed by atoms with Crippen LogP contribution in [-0.2, 0) is 5.91 Å². The van der Waals surface area contributed by atoms with Gasteiger partial charge in [0.1, 0.15) is 11.3 Å². The van der Waals surface area contributed by atoms with Crippen LogP contribution in [0.25, 0.3) is 0 Å². The number of nitrogens with zero attached hydrogens (tertiary/aromatic N) is 8. The first-order valence-corrected chi connectivity index (χ1v) is 8.11. The van der Waals surface area contributed by atoms with E-state index in [0.29, 0.717) is 0 Å². The van der Waals surface area contributed by atoms with Crippen LogP contribution >= 0.6 is 0 Å². The van der Waals surface area contributed by atoms with Crippen LogP contribution < -0.4 is 11.0 Å². The Morgan fingerprint density at radius 3 is 2.08 bits per heavy atom. The van der Waals surface area contributed by atoms with Gasteiger partial charge in [-0.1, -0.05) is 15.0 Å². The van der Waals surface area contributed by atoms with Crippen molar-refractivity contribution < 1.29 is 9.15 Å². The summed E-state index contributed by atoms with van der Waals surface area (Å²) < 4.78 is 8.71. The first-order valence-electron chi connectivity index (χ1n) is 8.11. The summed E-state index contributed by atoms with van der Waals surface area (Å²) in [5, 5.41) is 0. The lowest BCUT2D eigenvalue weighted by molar-refractivity contribution is -0.791. The van der Waals surface area contributed by atoms with Crippen LogP contribution in [0.5, 0.6) is 0 Å². The van der Waals surface area contributed by atoms with Gasteiger partial charge in [-0.2, -0.15) is 0 Å². The third-order valence-electron chi connectivity index (χ3n) is 5.48. The molecule has 0 saturated heterocycles. The van der Waals surface area contributed by atoms with Gasteiger partial charge >= 0.3 is 5.91 Å². The Bertz CT molecular complexity index is 1430. The third-order valence-corrected chi connectivity index (χ3v) is 5.48. The molecule has 2 aromatic heterocycles. The van der Waals surface area contributed by atoms with Crippen molar-refractivity contribution in [2.75, 3.05) is 0 Å². The van der Waals surface area contributed by atoms with E-state index in [1.807, 2.05) is 48.6 Å². The average molecular weight is 324 g/mol. The van der Waals surface area contributed by atoms with Crippen molar-refractivity contribution in [3.8, 4) is 0 Å². The minimum atomic E-state index is -0.683. The summed E-state index contributed by atoms with van der Waals surface area (Å²) in [5.41, 5.74) is 1.77. The Balaban J connectivity index is 1.77. The van der Waals surface area contributed by atoms with Gasteiger partial charge < -0.3 is 0 Å². The predicted octanol–water partition coefficient (Wildman–Crippen LogP) is -0.279. The maximum atomic E-state index is 4.82. The molecule has 6 aliphatic heterocycles. The normalized spacial score (nSPS) is 27.0. The molecule has 1 atom stereocenters. The van der Waals surface area contributed by atoms with E-state index < -0.39 is 5.91 Å². The highest BCUT2D eigenvalue weighted by atomic mass is 15.7. The van der Waals surface area contributed by atoms with Crippen molar-refractivity contribution in [1.29, 1.82) is 0 Å². The van der Waals surface area contributed by atoms with Gasteiger partial charge in [-0.25, -0.2) is 14.1 Å². The Labute approximate surface area is 139 Å². The monoisotopic (exact) mass is 324 g/mol. The molecule has 0 N–H and O–H groups in total. The Hall–Kier alpha value is -3.68. The fraction of sp³-hybridized carbons (Fsp3) is 0.0588. The number of aromatic nitrogens is 2. The molecular formula is C17H8N8+2. The zero-order valence-corrected chi connectivity index (χ0v) is 12.7. The standard InChI is InChI=1S/C17H8N8/c1-2-10-19-12-5-6-14-21-16-8-7-15-20-13-4-3-11-18-9(1)22(10)17(23(11)13,24(12)14)25(15)16/h1-8H/q+2. The van der Waals surface area contributed by atoms with Gasteiger partial charge in [0.2, 0.25) is 11.3 Å². The molecule has 0 amide bonds. The topological polar surface area (TPSA) is 65.3 Å². The summed E-state index contributed by atoms with van der Waals surface area (Å²) in [6, 6.07) is 8.10. The van der Waals surface area contributed by atoms with Crippen LogP contribution in [0.2, 0.25) is 0 Å². The van der Waals surface area contributed by atoms with E-state index in [1.54, 1.807) is 0 Å². The number of hydrogen-bond donors (Lipinski definition) is 0. The van der Waals surface area contributed by atoms with Gasteiger partial charge in [-0.15, -0.1) is 9.15 Å². The van der Waals surface area contributed by atoms with Gasteiger partial charge in [-0.3, -0.25) is 0 Å². The molecule has 8 rings (SSSR count). The summed E-state index contributed by atoms with van der Waals surface area (Å²) in [4.78, 5) is 19.3. The fourth-order valence-electron chi connectivity index (χ4n) is 4.66. The van der Waals surface area contributed by atoms with Gasteiger partial charge in [0.05, 0.1) is 0 Å². The first kappa shape index (κ1) is 11.0. The van der Waals surface area contributed by atoms with E-state index in [-0.39, 0.29) is 0 Å². The van der Waals surface area contributed by atoms with Crippen LogP contribution in [0.15, 0.2) is 68.5 Å². The molecule has 1 spiro atoms. The highest BCUT2D eigenvalue weighted by Crippen LogP contribution is 2.43. The predicted molar refractivity (Wildman–Crippen MR) is 87.6 cm³/mol. The molecule has 8 nitrogen and oxygen atoms in total. The van der Waals surface area contributed by atoms with Crippen molar-refractivity contribution in [2.24, 2.45) is 20.0 Å². The van der Waals surface area contributed by atoms with Crippen molar-refractivity contribution in [2.45, 2.75) is 5.91 Å². The molecule has 0 aromatic carbocycles. The Morgan fingerprint density at radius 1 is 0.640 bits per heavy atom. The Kier molecular flexibility index (Phi) is 1.32. The Morgan fingerprint density at radius 2 is 1.28 bits per heavy atom. The largest absolute Gasteiger partial charge is 0.402 e. The number of aliphatic imine (C=N–C) groups is 2. The lowest BCUT2D eigenvalue weighted by Gasteiger charge is -2.41. The zero-order valence-electron chi connectivity index (χ0n) is 12.7. The fourth-order valence-corrected chi connectivity index (χ4v) is 4.66. The van der Waals surface area contributed by atoms with E-state index in [9.17, 15) is 0 Å². The average Bonchev–Trinajstić information content (AvgIpc) is 3.38. The summed E-state index contributed by atoms with van der Waals surface area (Å²) in [5.74, 6) is 4.63. The highest BCUT2D eigenvalue weighted by Gasteiger charge is 2.64. The first-order chi connectivity index (χ1) is 12.4. The molecule has 8 heterocycles. The van der Waals surface area contributed by atoms with Crippen molar-refractivity contribution >= 4 is 35.0 Å². The molecule has 1 unspecified atom stereocenters. The van der Waals surface area contributed by atoms with Gasteiger partial charge in [0, 0.05) is 36.4 Å². The van der Waals surface area contributed by atoms with Crippen LogP contribution in [0.3, 0.4) is 0 Å². The SMILES string of the molecule is C1=CC2=[N+]3C1=NC1=[N+]4C(=Nc5ccc6n5C43n3c(ccc3=N6)=N2)C=C1. The van der Waals surface area contributed by atoms with Crippen LogP contribution in [0.4, 0.5) is 11.6 Å². The summed E-state index contributed by atoms with van der Waals surface area (Å²) in [6.45, 7) is 0. The lowest BCUT2D eigenvalue weighted by Crippen LogP contribution is -2.71. The molecule has 0 fully saturated rings. The van der Waals surface area contributed by atoms with E-state index in [4.69, 9.17) is 20.0 Å². The maximum absolute atomic E-state index is 4.82. The maximum Gasteiger partial charge on any atom is 0.402 e. The van der Waals surface area contributed by atoms with E-state index in [2.05, 4.69) is 18.3 Å². The van der Waals surface area contributed by atoms with Crippen molar-refractivity contribution in [3.05, 3.63) is 59.5 Å². The lowest BCUT2D eigenvalue weighted by atomic mass is 10.3.